The summed E-state index contributed by atoms with van der Waals surface area (Å²) >= 11 is 0. The second kappa shape index (κ2) is 8.57. The molecule has 1 amide bonds. The Morgan fingerprint density at radius 2 is 1.57 bits per heavy atom. The number of aliphatic hydroxyl groups excluding tert-OH is 1. The van der Waals surface area contributed by atoms with E-state index in [0.717, 1.165) is 16.8 Å². The number of piperidine rings is 1. The topological polar surface area (TPSA) is 62.1 Å². The Bertz CT molecular complexity index is 771. The molecular weight excluding hydrogens is 352 g/mol. The van der Waals surface area contributed by atoms with Crippen molar-refractivity contribution in [2.75, 3.05) is 13.1 Å². The van der Waals surface area contributed by atoms with Gasteiger partial charge in [-0.3, -0.25) is 4.99 Å². The van der Waals surface area contributed by atoms with E-state index < -0.39 is 11.7 Å². The second-order valence-electron chi connectivity index (χ2n) is 8.06. The van der Waals surface area contributed by atoms with Gasteiger partial charge in [0, 0.05) is 17.7 Å². The Kier molecular flexibility index (Phi) is 6.15. The third-order valence-corrected chi connectivity index (χ3v) is 4.59. The van der Waals surface area contributed by atoms with Gasteiger partial charge in [-0.1, -0.05) is 60.7 Å². The number of aliphatic imine (C=N–C) groups is 1. The van der Waals surface area contributed by atoms with Crippen LogP contribution < -0.4 is 0 Å². The number of aliphatic hydroxyl groups is 1. The van der Waals surface area contributed by atoms with Gasteiger partial charge in [0.15, 0.2) is 0 Å². The van der Waals surface area contributed by atoms with Crippen LogP contribution in [-0.4, -0.2) is 52.6 Å². The van der Waals surface area contributed by atoms with Gasteiger partial charge >= 0.3 is 6.09 Å². The van der Waals surface area contributed by atoms with Crippen LogP contribution >= 0.6 is 0 Å². The van der Waals surface area contributed by atoms with Crippen molar-refractivity contribution in [3.8, 4) is 0 Å². The van der Waals surface area contributed by atoms with Crippen LogP contribution in [0.4, 0.5) is 4.79 Å². The zero-order chi connectivity index (χ0) is 20.1. The number of carbonyl (C=O) groups excluding carboxylic acids is 1. The molecule has 1 heterocycles. The predicted molar refractivity (Wildman–Crippen MR) is 111 cm³/mol. The molecule has 1 saturated heterocycles. The van der Waals surface area contributed by atoms with Crippen molar-refractivity contribution < 1.29 is 14.6 Å². The van der Waals surface area contributed by atoms with Gasteiger partial charge in [-0.2, -0.15) is 0 Å². The second-order valence-corrected chi connectivity index (χ2v) is 8.06. The minimum Gasteiger partial charge on any atom is -0.444 e. The van der Waals surface area contributed by atoms with E-state index in [1.807, 2.05) is 81.4 Å². The summed E-state index contributed by atoms with van der Waals surface area (Å²) < 4.78 is 5.42. The first kappa shape index (κ1) is 20.1. The highest BCUT2D eigenvalue weighted by molar-refractivity contribution is 6.13. The van der Waals surface area contributed by atoms with Gasteiger partial charge in [-0.05, 0) is 27.2 Å². The lowest BCUT2D eigenvalue weighted by molar-refractivity contribution is -0.000365. The number of hydrogen-bond acceptors (Lipinski definition) is 4. The third kappa shape index (κ3) is 5.20. The van der Waals surface area contributed by atoms with E-state index in [1.165, 1.54) is 0 Å². The van der Waals surface area contributed by atoms with E-state index in [1.54, 1.807) is 4.90 Å². The first-order valence-corrected chi connectivity index (χ1v) is 9.68. The molecule has 0 aromatic heterocycles. The summed E-state index contributed by atoms with van der Waals surface area (Å²) in [5.41, 5.74) is 2.33. The zero-order valence-corrected chi connectivity index (χ0v) is 16.7. The molecular formula is C23H28N2O3. The molecule has 1 aliphatic heterocycles. The molecule has 1 N–H and O–H groups in total. The molecule has 0 radical (unpaired) electrons. The number of rotatable bonds is 3. The number of likely N-dealkylation sites (tertiary alicyclic amines) is 1. The summed E-state index contributed by atoms with van der Waals surface area (Å²) in [5.74, 6) is 0. The summed E-state index contributed by atoms with van der Waals surface area (Å²) in [6, 6.07) is 19.7. The van der Waals surface area contributed by atoms with Gasteiger partial charge < -0.3 is 14.7 Å². The molecule has 0 saturated carbocycles. The number of benzene rings is 2. The Balaban J connectivity index is 1.80. The lowest BCUT2D eigenvalue weighted by atomic mass is 9.99. The summed E-state index contributed by atoms with van der Waals surface area (Å²) in [5, 5.41) is 10.7. The van der Waals surface area contributed by atoms with Crippen LogP contribution in [0.25, 0.3) is 0 Å². The fourth-order valence-corrected chi connectivity index (χ4v) is 3.24. The zero-order valence-electron chi connectivity index (χ0n) is 16.7. The number of hydrogen-bond donors (Lipinski definition) is 1. The number of carbonyl (C=O) groups is 1. The fourth-order valence-electron chi connectivity index (χ4n) is 3.24. The average Bonchev–Trinajstić information content (AvgIpc) is 2.67. The highest BCUT2D eigenvalue weighted by Crippen LogP contribution is 2.20. The van der Waals surface area contributed by atoms with Crippen molar-refractivity contribution in [2.45, 2.75) is 44.9 Å². The van der Waals surface area contributed by atoms with Gasteiger partial charge in [-0.15, -0.1) is 0 Å². The maximum atomic E-state index is 12.3. The number of ether oxygens (including phenoxy) is 1. The molecule has 2 aromatic rings. The highest BCUT2D eigenvalue weighted by Gasteiger charge is 2.32. The Morgan fingerprint density at radius 3 is 2.04 bits per heavy atom. The van der Waals surface area contributed by atoms with Crippen molar-refractivity contribution in [3.05, 3.63) is 71.8 Å². The molecule has 0 unspecified atom stereocenters. The van der Waals surface area contributed by atoms with E-state index in [9.17, 15) is 9.90 Å². The van der Waals surface area contributed by atoms with Crippen LogP contribution in [0, 0.1) is 0 Å². The SMILES string of the molecule is CC(C)(C)OC(=O)N1CC[C@H](N=C(c2ccccc2)c2ccccc2)[C@@H](O)C1. The Morgan fingerprint density at radius 1 is 1.04 bits per heavy atom. The van der Waals surface area contributed by atoms with Gasteiger partial charge in [0.2, 0.25) is 0 Å². The molecule has 0 spiro atoms. The van der Waals surface area contributed by atoms with Gasteiger partial charge in [0.25, 0.3) is 0 Å². The van der Waals surface area contributed by atoms with E-state index >= 15 is 0 Å². The molecule has 1 fully saturated rings. The lowest BCUT2D eigenvalue weighted by Gasteiger charge is -2.35. The molecule has 148 valence electrons. The van der Waals surface area contributed by atoms with Crippen LogP contribution in [0.15, 0.2) is 65.7 Å². The third-order valence-electron chi connectivity index (χ3n) is 4.59. The lowest BCUT2D eigenvalue weighted by Crippen LogP contribution is -2.50. The van der Waals surface area contributed by atoms with Gasteiger partial charge in [0.05, 0.1) is 24.4 Å². The molecule has 3 rings (SSSR count). The van der Waals surface area contributed by atoms with Crippen molar-refractivity contribution in [2.24, 2.45) is 4.99 Å². The fraction of sp³-hybridized carbons (Fsp3) is 0.391. The Labute approximate surface area is 166 Å². The van der Waals surface area contributed by atoms with E-state index in [2.05, 4.69) is 0 Å². The maximum absolute atomic E-state index is 12.3. The summed E-state index contributed by atoms with van der Waals surface area (Å²) in [4.78, 5) is 18.8. The van der Waals surface area contributed by atoms with Crippen molar-refractivity contribution in [3.63, 3.8) is 0 Å². The molecule has 5 heteroatoms. The van der Waals surface area contributed by atoms with E-state index in [0.29, 0.717) is 13.0 Å². The van der Waals surface area contributed by atoms with Crippen LogP contribution in [0.3, 0.4) is 0 Å². The molecule has 5 nitrogen and oxygen atoms in total. The molecule has 0 bridgehead atoms. The molecule has 2 aromatic carbocycles. The minimum atomic E-state index is -0.733. The van der Waals surface area contributed by atoms with Crippen molar-refractivity contribution in [1.82, 2.24) is 4.90 Å². The maximum Gasteiger partial charge on any atom is 0.410 e. The first-order valence-electron chi connectivity index (χ1n) is 9.68. The van der Waals surface area contributed by atoms with Crippen LogP contribution in [0.5, 0.6) is 0 Å². The van der Waals surface area contributed by atoms with Crippen LogP contribution in [-0.2, 0) is 4.74 Å². The quantitative estimate of drug-likeness (QED) is 0.822. The van der Waals surface area contributed by atoms with Crippen molar-refractivity contribution in [1.29, 1.82) is 0 Å². The van der Waals surface area contributed by atoms with Crippen molar-refractivity contribution >= 4 is 11.8 Å². The molecule has 0 aliphatic carbocycles. The first-order chi connectivity index (χ1) is 13.3. The predicted octanol–water partition coefficient (Wildman–Crippen LogP) is 3.89. The highest BCUT2D eigenvalue weighted by atomic mass is 16.6. The molecule has 28 heavy (non-hydrogen) atoms. The van der Waals surface area contributed by atoms with Crippen LogP contribution in [0.2, 0.25) is 0 Å². The summed E-state index contributed by atoms with van der Waals surface area (Å²) in [6.07, 6.45) is -0.534. The number of nitrogens with zero attached hydrogens (tertiary/aromatic N) is 2. The smallest absolute Gasteiger partial charge is 0.410 e. The molecule has 1 aliphatic rings. The van der Waals surface area contributed by atoms with Gasteiger partial charge in [0.1, 0.15) is 5.60 Å². The van der Waals surface area contributed by atoms with E-state index in [4.69, 9.17) is 9.73 Å². The molecule has 2 atom stereocenters. The Hall–Kier alpha value is -2.66. The number of amides is 1. The minimum absolute atomic E-state index is 0.222. The normalized spacial score (nSPS) is 19.8. The summed E-state index contributed by atoms with van der Waals surface area (Å²) in [7, 11) is 0. The summed E-state index contributed by atoms with van der Waals surface area (Å²) in [6.45, 7) is 6.25. The largest absolute Gasteiger partial charge is 0.444 e. The van der Waals surface area contributed by atoms with E-state index in [-0.39, 0.29) is 18.7 Å². The number of β-amino-alcohol motifs (C(OH)–C–C–N with tert-alkyl or cyclic N) is 1. The van der Waals surface area contributed by atoms with Gasteiger partial charge in [-0.25, -0.2) is 4.79 Å². The standard InChI is InChI=1S/C23H28N2O3/c1-23(2,3)28-22(27)25-15-14-19(20(26)16-25)24-21(17-10-6-4-7-11-17)18-12-8-5-9-13-18/h4-13,19-20,26H,14-16H2,1-3H3/t19-,20-/m0/s1. The monoisotopic (exact) mass is 380 g/mol. The van der Waals surface area contributed by atoms with Crippen LogP contribution in [0.1, 0.15) is 38.3 Å². The average molecular weight is 380 g/mol.